The molecule has 1 unspecified atom stereocenters. The van der Waals surface area contributed by atoms with E-state index in [0.717, 1.165) is 0 Å². The predicted octanol–water partition coefficient (Wildman–Crippen LogP) is 4.13. The van der Waals surface area contributed by atoms with E-state index in [1.54, 1.807) is 57.4 Å². The maximum atomic E-state index is 13.3. The molecule has 8 nitrogen and oxygen atoms in total. The molecule has 4 rings (SSSR count). The number of esters is 1. The molecule has 0 spiro atoms. The number of furan rings is 1. The SMILES string of the molecule is COC(=O)c1c(C)[nH]c(C(=O)C(C)Sc2nc3ccccc3c(=O)n2Cc2ccco2)c1C. The van der Waals surface area contributed by atoms with E-state index in [0.29, 0.717) is 44.3 Å². The molecule has 170 valence electrons. The number of benzene rings is 1. The summed E-state index contributed by atoms with van der Waals surface area (Å²) in [5, 5.41) is 0.319. The van der Waals surface area contributed by atoms with Crippen molar-refractivity contribution in [3.05, 3.63) is 81.3 Å². The van der Waals surface area contributed by atoms with Gasteiger partial charge in [-0.3, -0.25) is 14.2 Å². The van der Waals surface area contributed by atoms with Gasteiger partial charge in [0.15, 0.2) is 10.9 Å². The van der Waals surface area contributed by atoms with Crippen LogP contribution < -0.4 is 5.56 Å². The summed E-state index contributed by atoms with van der Waals surface area (Å²) >= 11 is 1.19. The second kappa shape index (κ2) is 9.11. The fourth-order valence-corrected chi connectivity index (χ4v) is 4.72. The first kappa shape index (κ1) is 22.6. The zero-order valence-corrected chi connectivity index (χ0v) is 19.5. The van der Waals surface area contributed by atoms with Crippen molar-refractivity contribution in [3.8, 4) is 0 Å². The number of carbonyl (C=O) groups is 2. The van der Waals surface area contributed by atoms with Gasteiger partial charge < -0.3 is 14.1 Å². The average molecular weight is 466 g/mol. The number of carbonyl (C=O) groups excluding carboxylic acids is 2. The zero-order valence-electron chi connectivity index (χ0n) is 18.7. The third-order valence-corrected chi connectivity index (χ3v) is 6.54. The Morgan fingerprint density at radius 2 is 1.97 bits per heavy atom. The lowest BCUT2D eigenvalue weighted by atomic mass is 10.1. The van der Waals surface area contributed by atoms with Crippen LogP contribution >= 0.6 is 11.8 Å². The molecule has 33 heavy (non-hydrogen) atoms. The molecular weight excluding hydrogens is 442 g/mol. The van der Waals surface area contributed by atoms with Crippen LogP contribution in [0.25, 0.3) is 10.9 Å². The van der Waals surface area contributed by atoms with Crippen molar-refractivity contribution < 1.29 is 18.7 Å². The number of aryl methyl sites for hydroxylation is 1. The Kier molecular flexibility index (Phi) is 6.24. The Morgan fingerprint density at radius 3 is 2.67 bits per heavy atom. The Morgan fingerprint density at radius 1 is 1.21 bits per heavy atom. The average Bonchev–Trinajstić information content (AvgIpc) is 3.42. The van der Waals surface area contributed by atoms with Gasteiger partial charge in [0.05, 0.1) is 47.3 Å². The van der Waals surface area contributed by atoms with Crippen molar-refractivity contribution in [2.75, 3.05) is 7.11 Å². The third kappa shape index (κ3) is 4.23. The molecule has 0 radical (unpaired) electrons. The highest BCUT2D eigenvalue weighted by atomic mass is 32.2. The molecule has 1 N–H and O–H groups in total. The third-order valence-electron chi connectivity index (χ3n) is 5.45. The zero-order chi connectivity index (χ0) is 23.7. The van der Waals surface area contributed by atoms with Gasteiger partial charge in [-0.05, 0) is 50.6 Å². The molecule has 3 aromatic heterocycles. The Bertz CT molecular complexity index is 1400. The summed E-state index contributed by atoms with van der Waals surface area (Å²) in [5.74, 6) is -0.0969. The van der Waals surface area contributed by atoms with E-state index in [2.05, 4.69) is 9.97 Å². The molecule has 0 bridgehead atoms. The number of hydrogen-bond acceptors (Lipinski definition) is 7. The summed E-state index contributed by atoms with van der Waals surface area (Å²) < 4.78 is 11.8. The number of nitrogens with one attached hydrogen (secondary N) is 1. The second-order valence-electron chi connectivity index (χ2n) is 7.62. The molecule has 1 aromatic carbocycles. The van der Waals surface area contributed by atoms with Crippen LogP contribution in [-0.4, -0.2) is 38.6 Å². The molecule has 0 saturated heterocycles. The molecule has 0 aliphatic carbocycles. The number of hydrogen-bond donors (Lipinski definition) is 1. The van der Waals surface area contributed by atoms with Gasteiger partial charge in [-0.25, -0.2) is 9.78 Å². The molecule has 0 amide bonds. The number of H-pyrrole nitrogens is 1. The summed E-state index contributed by atoms with van der Waals surface area (Å²) in [7, 11) is 1.30. The van der Waals surface area contributed by atoms with Crippen LogP contribution in [-0.2, 0) is 11.3 Å². The normalized spacial score (nSPS) is 12.1. The molecule has 0 fully saturated rings. The van der Waals surface area contributed by atoms with Crippen molar-refractivity contribution in [2.45, 2.75) is 37.7 Å². The monoisotopic (exact) mass is 465 g/mol. The summed E-state index contributed by atoms with van der Waals surface area (Å²) in [6.07, 6.45) is 1.54. The first-order valence-electron chi connectivity index (χ1n) is 10.3. The lowest BCUT2D eigenvalue weighted by molar-refractivity contribution is 0.0599. The van der Waals surface area contributed by atoms with Gasteiger partial charge in [-0.2, -0.15) is 0 Å². The van der Waals surface area contributed by atoms with Gasteiger partial charge in [0, 0.05) is 5.69 Å². The van der Waals surface area contributed by atoms with Crippen LogP contribution in [0.5, 0.6) is 0 Å². The number of ketones is 1. The minimum Gasteiger partial charge on any atom is -0.467 e. The largest absolute Gasteiger partial charge is 0.467 e. The van der Waals surface area contributed by atoms with E-state index >= 15 is 0 Å². The first-order valence-corrected chi connectivity index (χ1v) is 11.2. The van der Waals surface area contributed by atoms with Crippen molar-refractivity contribution >= 4 is 34.4 Å². The lowest BCUT2D eigenvalue weighted by Crippen LogP contribution is -2.25. The van der Waals surface area contributed by atoms with Crippen molar-refractivity contribution in [1.29, 1.82) is 0 Å². The lowest BCUT2D eigenvalue weighted by Gasteiger charge is -2.15. The number of Topliss-reactive ketones (excluding diaryl/α,β-unsaturated/α-hetero) is 1. The van der Waals surface area contributed by atoms with Crippen LogP contribution in [0.1, 0.15) is 44.8 Å². The maximum absolute atomic E-state index is 13.3. The van der Waals surface area contributed by atoms with Crippen molar-refractivity contribution in [3.63, 3.8) is 0 Å². The molecule has 3 heterocycles. The highest BCUT2D eigenvalue weighted by Gasteiger charge is 2.27. The number of para-hydroxylation sites is 1. The van der Waals surface area contributed by atoms with E-state index < -0.39 is 11.2 Å². The summed E-state index contributed by atoms with van der Waals surface area (Å²) in [6, 6.07) is 10.6. The van der Waals surface area contributed by atoms with E-state index in [9.17, 15) is 14.4 Å². The smallest absolute Gasteiger partial charge is 0.339 e. The minimum absolute atomic E-state index is 0.194. The Labute approximate surface area is 194 Å². The Hall–Kier alpha value is -3.59. The fraction of sp³-hybridized carbons (Fsp3) is 0.250. The number of aromatic amines is 1. The molecule has 1 atom stereocenters. The van der Waals surface area contributed by atoms with E-state index in [4.69, 9.17) is 9.15 Å². The summed E-state index contributed by atoms with van der Waals surface area (Å²) in [4.78, 5) is 46.3. The quantitative estimate of drug-likeness (QED) is 0.189. The number of methoxy groups -OCH3 is 1. The minimum atomic E-state index is -0.580. The second-order valence-corrected chi connectivity index (χ2v) is 8.93. The van der Waals surface area contributed by atoms with Crippen LogP contribution in [0.15, 0.2) is 57.0 Å². The number of aromatic nitrogens is 3. The Balaban J connectivity index is 1.72. The fourth-order valence-electron chi connectivity index (χ4n) is 3.75. The highest BCUT2D eigenvalue weighted by Crippen LogP contribution is 2.28. The standard InChI is InChI=1S/C24H23N3O5S/c1-13-19(23(30)31-4)14(2)25-20(13)21(28)15(3)33-24-26-18-10-6-5-9-17(18)22(29)27(24)12-16-8-7-11-32-16/h5-11,15,25H,12H2,1-4H3. The van der Waals surface area contributed by atoms with Gasteiger partial charge in [0.1, 0.15) is 5.76 Å². The highest BCUT2D eigenvalue weighted by molar-refractivity contribution is 8.00. The van der Waals surface area contributed by atoms with Crippen molar-refractivity contribution in [1.82, 2.24) is 14.5 Å². The van der Waals surface area contributed by atoms with E-state index in [1.165, 1.54) is 23.4 Å². The molecule has 9 heteroatoms. The van der Waals surface area contributed by atoms with Gasteiger partial charge in [0.2, 0.25) is 0 Å². The predicted molar refractivity (Wildman–Crippen MR) is 125 cm³/mol. The summed E-state index contributed by atoms with van der Waals surface area (Å²) in [6.45, 7) is 5.38. The van der Waals surface area contributed by atoms with Crippen LogP contribution in [0.2, 0.25) is 0 Å². The van der Waals surface area contributed by atoms with Gasteiger partial charge in [-0.15, -0.1) is 0 Å². The summed E-state index contributed by atoms with van der Waals surface area (Å²) in [5.41, 5.74) is 2.15. The number of ether oxygens (including phenoxy) is 1. The number of fused-ring (bicyclic) bond motifs is 1. The molecular formula is C24H23N3O5S. The molecule has 0 saturated carbocycles. The van der Waals surface area contributed by atoms with E-state index in [1.807, 2.05) is 6.07 Å². The van der Waals surface area contributed by atoms with Crippen molar-refractivity contribution in [2.24, 2.45) is 0 Å². The van der Waals surface area contributed by atoms with Gasteiger partial charge in [-0.1, -0.05) is 23.9 Å². The number of nitrogens with zero attached hydrogens (tertiary/aromatic N) is 2. The van der Waals surface area contributed by atoms with Gasteiger partial charge in [0.25, 0.3) is 5.56 Å². The van der Waals surface area contributed by atoms with E-state index in [-0.39, 0.29) is 17.9 Å². The first-order chi connectivity index (χ1) is 15.8. The van der Waals surface area contributed by atoms with Crippen LogP contribution in [0, 0.1) is 13.8 Å². The van der Waals surface area contributed by atoms with Gasteiger partial charge >= 0.3 is 5.97 Å². The topological polar surface area (TPSA) is 107 Å². The molecule has 4 aromatic rings. The molecule has 0 aliphatic rings. The molecule has 0 aliphatic heterocycles. The number of rotatable bonds is 7. The maximum Gasteiger partial charge on any atom is 0.339 e. The van der Waals surface area contributed by atoms with Crippen LogP contribution in [0.3, 0.4) is 0 Å². The number of thioether (sulfide) groups is 1. The van der Waals surface area contributed by atoms with Crippen LogP contribution in [0.4, 0.5) is 0 Å².